The molecule has 1 rings (SSSR count). The Kier molecular flexibility index (Phi) is 4.30. The summed E-state index contributed by atoms with van der Waals surface area (Å²) in [5, 5.41) is 18.5. The van der Waals surface area contributed by atoms with E-state index in [9.17, 15) is 4.79 Å². The van der Waals surface area contributed by atoms with E-state index in [0.717, 1.165) is 0 Å². The molecule has 1 aromatic heterocycles. The Labute approximate surface area is 106 Å². The molecule has 0 aliphatic rings. The van der Waals surface area contributed by atoms with Crippen LogP contribution in [0.1, 0.15) is 26.7 Å². The summed E-state index contributed by atoms with van der Waals surface area (Å²) in [6, 6.07) is 0. The molecule has 1 heterocycles. The zero-order valence-electron chi connectivity index (χ0n) is 10.8. The monoisotopic (exact) mass is 253 g/mol. The van der Waals surface area contributed by atoms with E-state index in [1.165, 1.54) is 0 Å². The smallest absolute Gasteiger partial charge is 0.238 e. The second kappa shape index (κ2) is 5.52. The number of aromatic nitrogens is 2. The first kappa shape index (κ1) is 14.0. The highest BCUT2D eigenvalue weighted by molar-refractivity contribution is 6.11. The largest absolute Gasteiger partial charge is 0.409 e. The van der Waals surface area contributed by atoms with Crippen LogP contribution in [0.4, 0.5) is 5.69 Å². The van der Waals surface area contributed by atoms with Gasteiger partial charge in [0, 0.05) is 13.2 Å². The summed E-state index contributed by atoms with van der Waals surface area (Å²) in [4.78, 5) is 12.3. The Bertz CT molecular complexity index is 448. The Morgan fingerprint density at radius 1 is 1.61 bits per heavy atom. The molecule has 0 spiro atoms. The third-order valence-corrected chi connectivity index (χ3v) is 3.20. The van der Waals surface area contributed by atoms with Crippen molar-refractivity contribution in [1.29, 1.82) is 0 Å². The molecule has 0 aliphatic carbocycles. The maximum Gasteiger partial charge on any atom is 0.238 e. The molecule has 0 aromatic carbocycles. The van der Waals surface area contributed by atoms with Crippen LogP contribution in [0.2, 0.25) is 0 Å². The van der Waals surface area contributed by atoms with Gasteiger partial charge in [0.2, 0.25) is 5.91 Å². The lowest BCUT2D eigenvalue weighted by atomic mass is 9.80. The molecule has 1 amide bonds. The Hall–Kier alpha value is -2.05. The maximum absolute atomic E-state index is 12.3. The molecule has 0 saturated carbocycles. The number of nitrogens with zero attached hydrogens (tertiary/aromatic N) is 3. The Morgan fingerprint density at radius 2 is 2.22 bits per heavy atom. The van der Waals surface area contributed by atoms with Crippen LogP contribution in [-0.4, -0.2) is 26.7 Å². The number of hydrogen-bond donors (Lipinski definition) is 3. The molecule has 0 fully saturated rings. The number of anilines is 1. The second-order valence-electron chi connectivity index (χ2n) is 4.13. The van der Waals surface area contributed by atoms with Crippen molar-refractivity contribution in [3.8, 4) is 0 Å². The van der Waals surface area contributed by atoms with E-state index in [4.69, 9.17) is 10.9 Å². The number of carbonyl (C=O) groups is 1. The molecule has 7 nitrogen and oxygen atoms in total. The summed E-state index contributed by atoms with van der Waals surface area (Å²) in [5.41, 5.74) is 5.24. The van der Waals surface area contributed by atoms with Gasteiger partial charge in [-0.05, 0) is 12.8 Å². The highest BCUT2D eigenvalue weighted by Gasteiger charge is 2.39. The first-order chi connectivity index (χ1) is 8.50. The Morgan fingerprint density at radius 3 is 2.61 bits per heavy atom. The van der Waals surface area contributed by atoms with Crippen LogP contribution in [0.25, 0.3) is 0 Å². The SMILES string of the molecule is CCC(CC)(C(=O)Nc1cnn(C)c1)C(N)=NO. The van der Waals surface area contributed by atoms with E-state index in [-0.39, 0.29) is 11.7 Å². The van der Waals surface area contributed by atoms with Crippen molar-refractivity contribution in [2.24, 2.45) is 23.4 Å². The first-order valence-electron chi connectivity index (χ1n) is 5.78. The molecule has 0 bridgehead atoms. The predicted molar refractivity (Wildman–Crippen MR) is 68.3 cm³/mol. The topological polar surface area (TPSA) is 106 Å². The van der Waals surface area contributed by atoms with Gasteiger partial charge >= 0.3 is 0 Å². The third kappa shape index (κ3) is 2.44. The van der Waals surface area contributed by atoms with Gasteiger partial charge in [0.25, 0.3) is 0 Å². The van der Waals surface area contributed by atoms with Crippen LogP contribution >= 0.6 is 0 Å². The molecule has 0 atom stereocenters. The summed E-state index contributed by atoms with van der Waals surface area (Å²) in [6.45, 7) is 3.65. The van der Waals surface area contributed by atoms with Gasteiger partial charge in [0.15, 0.2) is 5.84 Å². The highest BCUT2D eigenvalue weighted by atomic mass is 16.4. The molecule has 0 radical (unpaired) electrons. The second-order valence-corrected chi connectivity index (χ2v) is 4.13. The lowest BCUT2D eigenvalue weighted by Gasteiger charge is -2.28. The molecule has 1 aromatic rings. The maximum atomic E-state index is 12.3. The number of oxime groups is 1. The minimum absolute atomic E-state index is 0.0751. The molecule has 7 heteroatoms. The number of nitrogens with one attached hydrogen (secondary N) is 1. The highest BCUT2D eigenvalue weighted by Crippen LogP contribution is 2.28. The zero-order valence-corrected chi connectivity index (χ0v) is 10.8. The molecule has 0 saturated heterocycles. The summed E-state index contributed by atoms with van der Waals surface area (Å²) in [6.07, 6.45) is 4.12. The standard InChI is InChI=1S/C11H19N5O2/c1-4-11(5-2,9(12)15-18)10(17)14-8-6-13-16(3)7-8/h6-7,18H,4-5H2,1-3H3,(H2,12,15)(H,14,17). The van der Waals surface area contributed by atoms with Crippen molar-refractivity contribution in [2.75, 3.05) is 5.32 Å². The normalized spacial score (nSPS) is 12.5. The molecule has 100 valence electrons. The zero-order chi connectivity index (χ0) is 13.8. The fraction of sp³-hybridized carbons (Fsp3) is 0.545. The molecule has 18 heavy (non-hydrogen) atoms. The summed E-state index contributed by atoms with van der Waals surface area (Å²) in [5.74, 6) is -0.371. The van der Waals surface area contributed by atoms with Crippen LogP contribution in [0.5, 0.6) is 0 Å². The molecular formula is C11H19N5O2. The van der Waals surface area contributed by atoms with E-state index >= 15 is 0 Å². The number of hydrogen-bond acceptors (Lipinski definition) is 4. The fourth-order valence-electron chi connectivity index (χ4n) is 1.88. The van der Waals surface area contributed by atoms with E-state index in [1.54, 1.807) is 24.1 Å². The summed E-state index contributed by atoms with van der Waals surface area (Å²) < 4.78 is 1.58. The van der Waals surface area contributed by atoms with Crippen LogP contribution in [0.15, 0.2) is 17.5 Å². The molecule has 4 N–H and O–H groups in total. The third-order valence-electron chi connectivity index (χ3n) is 3.20. The molecule has 0 aliphatic heterocycles. The van der Waals surface area contributed by atoms with E-state index < -0.39 is 5.41 Å². The van der Waals surface area contributed by atoms with Crippen molar-refractivity contribution in [3.05, 3.63) is 12.4 Å². The number of amides is 1. The van der Waals surface area contributed by atoms with Crippen LogP contribution < -0.4 is 11.1 Å². The average molecular weight is 253 g/mol. The summed E-state index contributed by atoms with van der Waals surface area (Å²) >= 11 is 0. The van der Waals surface area contributed by atoms with Gasteiger partial charge in [0.05, 0.1) is 11.9 Å². The van der Waals surface area contributed by atoms with Gasteiger partial charge in [0.1, 0.15) is 5.41 Å². The van der Waals surface area contributed by atoms with Crippen LogP contribution in [0, 0.1) is 5.41 Å². The van der Waals surface area contributed by atoms with E-state index in [1.807, 2.05) is 13.8 Å². The van der Waals surface area contributed by atoms with E-state index in [2.05, 4.69) is 15.6 Å². The first-order valence-corrected chi connectivity index (χ1v) is 5.78. The van der Waals surface area contributed by atoms with Gasteiger partial charge in [-0.15, -0.1) is 0 Å². The lowest BCUT2D eigenvalue weighted by molar-refractivity contribution is -0.122. The van der Waals surface area contributed by atoms with Gasteiger partial charge in [-0.3, -0.25) is 9.48 Å². The Balaban J connectivity index is 2.97. The van der Waals surface area contributed by atoms with Gasteiger partial charge < -0.3 is 16.3 Å². The summed E-state index contributed by atoms with van der Waals surface area (Å²) in [7, 11) is 1.76. The van der Waals surface area contributed by atoms with Crippen molar-refractivity contribution in [2.45, 2.75) is 26.7 Å². The average Bonchev–Trinajstić information content (AvgIpc) is 2.76. The van der Waals surface area contributed by atoms with Crippen LogP contribution in [-0.2, 0) is 11.8 Å². The molecular weight excluding hydrogens is 234 g/mol. The van der Waals surface area contributed by atoms with Crippen LogP contribution in [0.3, 0.4) is 0 Å². The number of carbonyl (C=O) groups excluding carboxylic acids is 1. The van der Waals surface area contributed by atoms with Crippen molar-refractivity contribution in [3.63, 3.8) is 0 Å². The number of nitrogens with two attached hydrogens (primary N) is 1. The predicted octanol–water partition coefficient (Wildman–Crippen LogP) is 0.911. The van der Waals surface area contributed by atoms with Crippen molar-refractivity contribution in [1.82, 2.24) is 9.78 Å². The van der Waals surface area contributed by atoms with Crippen molar-refractivity contribution >= 4 is 17.4 Å². The fourth-order valence-corrected chi connectivity index (χ4v) is 1.88. The number of aryl methyl sites for hydroxylation is 1. The minimum atomic E-state index is -0.995. The van der Waals surface area contributed by atoms with E-state index in [0.29, 0.717) is 18.5 Å². The lowest BCUT2D eigenvalue weighted by Crippen LogP contribution is -2.46. The minimum Gasteiger partial charge on any atom is -0.409 e. The van der Waals surface area contributed by atoms with Gasteiger partial charge in [-0.2, -0.15) is 5.10 Å². The number of amidine groups is 1. The van der Waals surface area contributed by atoms with Gasteiger partial charge in [-0.1, -0.05) is 19.0 Å². The number of rotatable bonds is 5. The van der Waals surface area contributed by atoms with Crippen molar-refractivity contribution < 1.29 is 10.0 Å². The van der Waals surface area contributed by atoms with Gasteiger partial charge in [-0.25, -0.2) is 0 Å². The molecule has 0 unspecified atom stereocenters. The quantitative estimate of drug-likeness (QED) is 0.314.